The zero-order valence-corrected chi connectivity index (χ0v) is 24.1. The number of hydrogen-bond donors (Lipinski definition) is 2. The summed E-state index contributed by atoms with van der Waals surface area (Å²) < 4.78 is 56.9. The van der Waals surface area contributed by atoms with E-state index in [0.29, 0.717) is 62.5 Å². The molecule has 2 aromatic heterocycles. The number of rotatable bonds is 11. The molecule has 212 valence electrons. The van der Waals surface area contributed by atoms with E-state index in [0.717, 1.165) is 0 Å². The van der Waals surface area contributed by atoms with Crippen molar-refractivity contribution in [2.45, 2.75) is 13.2 Å². The van der Waals surface area contributed by atoms with Gasteiger partial charge in [0, 0.05) is 47.4 Å². The van der Waals surface area contributed by atoms with E-state index in [-0.39, 0.29) is 23.7 Å². The molecule has 3 aromatic carbocycles. The number of ether oxygens (including phenoxy) is 1. The molecule has 0 amide bonds. The van der Waals surface area contributed by atoms with E-state index in [9.17, 15) is 12.8 Å². The number of sulfone groups is 1. The van der Waals surface area contributed by atoms with Gasteiger partial charge in [-0.15, -0.1) is 11.3 Å². The Morgan fingerprint density at radius 2 is 1.93 bits per heavy atom. The molecule has 0 aliphatic carbocycles. The average Bonchev–Trinajstić information content (AvgIpc) is 3.39. The van der Waals surface area contributed by atoms with Gasteiger partial charge in [0.2, 0.25) is 0 Å². The lowest BCUT2D eigenvalue weighted by atomic mass is 10.1. The largest absolute Gasteiger partial charge is 0.487 e. The Balaban J connectivity index is 1.32. The minimum absolute atomic E-state index is 0.0240. The SMILES string of the molecule is CS(=O)(=O)CCNCc1nc(-c2cc3c(Nc4ccc(OCc5cccc(F)c5)c(Cl)c4)ncnc3cc2F)cs1. The van der Waals surface area contributed by atoms with Crippen molar-refractivity contribution < 1.29 is 21.9 Å². The van der Waals surface area contributed by atoms with Gasteiger partial charge in [-0.05, 0) is 42.0 Å². The summed E-state index contributed by atoms with van der Waals surface area (Å²) in [5.41, 5.74) is 2.44. The van der Waals surface area contributed by atoms with Crippen molar-refractivity contribution in [1.29, 1.82) is 0 Å². The van der Waals surface area contributed by atoms with Crippen LogP contribution in [0.1, 0.15) is 10.6 Å². The van der Waals surface area contributed by atoms with Crippen LogP contribution in [0.2, 0.25) is 5.02 Å². The molecule has 13 heteroatoms. The minimum atomic E-state index is -3.06. The number of thiazole rings is 1. The van der Waals surface area contributed by atoms with E-state index in [1.54, 1.807) is 41.8 Å². The molecule has 0 bridgehead atoms. The van der Waals surface area contributed by atoms with Crippen LogP contribution in [0.4, 0.5) is 20.3 Å². The smallest absolute Gasteiger partial charge is 0.148 e. The summed E-state index contributed by atoms with van der Waals surface area (Å²) in [4.78, 5) is 13.1. The van der Waals surface area contributed by atoms with Crippen LogP contribution in [0.5, 0.6) is 5.75 Å². The number of fused-ring (bicyclic) bond motifs is 1. The first-order valence-electron chi connectivity index (χ1n) is 12.4. The number of hydrogen-bond acceptors (Lipinski definition) is 9. The number of benzene rings is 3. The van der Waals surface area contributed by atoms with Crippen LogP contribution in [-0.4, -0.2) is 41.9 Å². The third-order valence-electron chi connectivity index (χ3n) is 5.96. The number of nitrogens with one attached hydrogen (secondary N) is 2. The predicted octanol–water partition coefficient (Wildman–Crippen LogP) is 6.14. The first-order valence-corrected chi connectivity index (χ1v) is 15.7. The molecule has 0 saturated carbocycles. The van der Waals surface area contributed by atoms with E-state index < -0.39 is 15.7 Å². The first kappa shape index (κ1) is 28.8. The fraction of sp³-hybridized carbons (Fsp3) is 0.179. The van der Waals surface area contributed by atoms with E-state index in [4.69, 9.17) is 16.3 Å². The molecular formula is C28H24ClF2N5O3S2. The van der Waals surface area contributed by atoms with Gasteiger partial charge >= 0.3 is 0 Å². The molecule has 0 aliphatic rings. The molecule has 0 fully saturated rings. The Bertz CT molecular complexity index is 1820. The molecule has 0 radical (unpaired) electrons. The number of halogens is 3. The molecular weight excluding hydrogens is 592 g/mol. The molecule has 5 rings (SSSR count). The fourth-order valence-corrected chi connectivity index (χ4v) is 5.48. The summed E-state index contributed by atoms with van der Waals surface area (Å²) in [7, 11) is -3.06. The molecule has 2 heterocycles. The van der Waals surface area contributed by atoms with Crippen molar-refractivity contribution in [3.05, 3.63) is 93.5 Å². The summed E-state index contributed by atoms with van der Waals surface area (Å²) >= 11 is 7.79. The van der Waals surface area contributed by atoms with Crippen LogP contribution < -0.4 is 15.4 Å². The van der Waals surface area contributed by atoms with Gasteiger partial charge in [0.05, 0.1) is 22.0 Å². The third kappa shape index (κ3) is 7.53. The lowest BCUT2D eigenvalue weighted by molar-refractivity contribution is 0.306. The average molecular weight is 616 g/mol. The van der Waals surface area contributed by atoms with Crippen molar-refractivity contribution in [2.75, 3.05) is 23.9 Å². The van der Waals surface area contributed by atoms with E-state index in [1.165, 1.54) is 42.1 Å². The number of aromatic nitrogens is 3. The molecule has 0 saturated heterocycles. The standard InChI is InChI=1S/C28H24ClF2N5O3S2/c1-41(37,38)8-7-32-13-27-36-25(15-40-27)20-11-21-24(12-23(20)31)33-16-34-28(21)35-19-5-6-26(22(29)10-19)39-14-17-3-2-4-18(30)9-17/h2-6,9-12,15-16,32H,7-8,13-14H2,1H3,(H,33,34,35). The molecule has 0 spiro atoms. The summed E-state index contributed by atoms with van der Waals surface area (Å²) in [5.74, 6) is 0.0796. The summed E-state index contributed by atoms with van der Waals surface area (Å²) in [6, 6.07) is 14.2. The maximum atomic E-state index is 15.1. The van der Waals surface area contributed by atoms with Crippen LogP contribution in [0, 0.1) is 11.6 Å². The third-order valence-corrected chi connectivity index (χ3v) is 8.05. The zero-order chi connectivity index (χ0) is 29.0. The lowest BCUT2D eigenvalue weighted by Crippen LogP contribution is -2.21. The van der Waals surface area contributed by atoms with Gasteiger partial charge in [0.25, 0.3) is 0 Å². The Morgan fingerprint density at radius 1 is 1.07 bits per heavy atom. The maximum absolute atomic E-state index is 15.1. The van der Waals surface area contributed by atoms with Crippen molar-refractivity contribution >= 4 is 55.2 Å². The van der Waals surface area contributed by atoms with E-state index >= 15 is 4.39 Å². The van der Waals surface area contributed by atoms with Crippen molar-refractivity contribution in [2.24, 2.45) is 0 Å². The molecule has 0 unspecified atom stereocenters. The highest BCUT2D eigenvalue weighted by Gasteiger charge is 2.15. The normalized spacial score (nSPS) is 11.6. The van der Waals surface area contributed by atoms with Crippen LogP contribution in [-0.2, 0) is 23.0 Å². The Kier molecular flexibility index (Phi) is 8.74. The monoisotopic (exact) mass is 615 g/mol. The van der Waals surface area contributed by atoms with Crippen LogP contribution in [0.3, 0.4) is 0 Å². The molecule has 0 aliphatic heterocycles. The number of nitrogens with zero attached hydrogens (tertiary/aromatic N) is 3. The molecule has 5 aromatic rings. The van der Waals surface area contributed by atoms with E-state index in [1.807, 2.05) is 0 Å². The van der Waals surface area contributed by atoms with Crippen molar-refractivity contribution in [1.82, 2.24) is 20.3 Å². The van der Waals surface area contributed by atoms with E-state index in [2.05, 4.69) is 25.6 Å². The predicted molar refractivity (Wildman–Crippen MR) is 157 cm³/mol. The van der Waals surface area contributed by atoms with Crippen LogP contribution in [0.15, 0.2) is 66.3 Å². The summed E-state index contributed by atoms with van der Waals surface area (Å²) in [5, 5.41) is 9.61. The van der Waals surface area contributed by atoms with Crippen molar-refractivity contribution in [3.63, 3.8) is 0 Å². The lowest BCUT2D eigenvalue weighted by Gasteiger charge is -2.12. The highest BCUT2D eigenvalue weighted by Crippen LogP contribution is 2.34. The Morgan fingerprint density at radius 3 is 2.71 bits per heavy atom. The highest BCUT2D eigenvalue weighted by molar-refractivity contribution is 7.90. The highest BCUT2D eigenvalue weighted by atomic mass is 35.5. The Hall–Kier alpha value is -3.71. The Labute approximate surface area is 244 Å². The maximum Gasteiger partial charge on any atom is 0.148 e. The molecule has 41 heavy (non-hydrogen) atoms. The number of anilines is 2. The second-order valence-corrected chi connectivity index (χ2v) is 12.8. The van der Waals surface area contributed by atoms with Gasteiger partial charge in [-0.1, -0.05) is 23.7 Å². The molecule has 0 atom stereocenters. The van der Waals surface area contributed by atoms with Gasteiger partial charge < -0.3 is 15.4 Å². The van der Waals surface area contributed by atoms with Crippen molar-refractivity contribution in [3.8, 4) is 17.0 Å². The second kappa shape index (κ2) is 12.4. The molecule has 8 nitrogen and oxygen atoms in total. The van der Waals surface area contributed by atoms with Gasteiger partial charge in [-0.3, -0.25) is 0 Å². The van der Waals surface area contributed by atoms with Gasteiger partial charge in [0.1, 0.15) is 51.0 Å². The quantitative estimate of drug-likeness (QED) is 0.171. The summed E-state index contributed by atoms with van der Waals surface area (Å²) in [6.07, 6.45) is 2.52. The van der Waals surface area contributed by atoms with Gasteiger partial charge in [-0.25, -0.2) is 32.2 Å². The first-order chi connectivity index (χ1) is 19.6. The summed E-state index contributed by atoms with van der Waals surface area (Å²) in [6.45, 7) is 0.826. The van der Waals surface area contributed by atoms with Gasteiger partial charge in [0.15, 0.2) is 0 Å². The van der Waals surface area contributed by atoms with Crippen LogP contribution >= 0.6 is 22.9 Å². The zero-order valence-electron chi connectivity index (χ0n) is 21.7. The molecule has 2 N–H and O–H groups in total. The van der Waals surface area contributed by atoms with Gasteiger partial charge in [-0.2, -0.15) is 0 Å². The second-order valence-electron chi connectivity index (χ2n) is 9.19. The fourth-order valence-electron chi connectivity index (χ4n) is 3.96. The topological polar surface area (TPSA) is 106 Å². The van der Waals surface area contributed by atoms with Crippen LogP contribution in [0.25, 0.3) is 22.2 Å². The minimum Gasteiger partial charge on any atom is -0.487 e.